The number of carbonyl (C=O) groups excluding carboxylic acids is 1. The number of hydrogen-bond donors (Lipinski definition) is 2. The van der Waals surface area contributed by atoms with Crippen LogP contribution in [0.1, 0.15) is 21.5 Å². The lowest BCUT2D eigenvalue weighted by molar-refractivity contribution is 0.102. The fourth-order valence-electron chi connectivity index (χ4n) is 1.82. The second-order valence-corrected chi connectivity index (χ2v) is 4.48. The summed E-state index contributed by atoms with van der Waals surface area (Å²) < 4.78 is 13.8. The Morgan fingerprint density at radius 3 is 2.76 bits per heavy atom. The minimum absolute atomic E-state index is 0.149. The number of nitrogens with one attached hydrogen (secondary N) is 1. The van der Waals surface area contributed by atoms with Crippen LogP contribution in [0, 0.1) is 24.6 Å². The molecule has 0 saturated carbocycles. The van der Waals surface area contributed by atoms with Crippen LogP contribution in [0.3, 0.4) is 0 Å². The van der Waals surface area contributed by atoms with Crippen molar-refractivity contribution in [2.45, 2.75) is 6.92 Å². The van der Waals surface area contributed by atoms with Gasteiger partial charge in [-0.15, -0.1) is 0 Å². The fraction of sp³-hybridized carbons (Fsp3) is 0.118. The number of aryl methyl sites for hydroxylation is 1. The van der Waals surface area contributed by atoms with E-state index in [0.717, 1.165) is 11.6 Å². The van der Waals surface area contributed by atoms with Crippen molar-refractivity contribution in [2.75, 3.05) is 11.9 Å². The monoisotopic (exact) mass is 283 g/mol. The number of aliphatic hydroxyl groups is 1. The van der Waals surface area contributed by atoms with Gasteiger partial charge in [0.15, 0.2) is 0 Å². The van der Waals surface area contributed by atoms with Crippen LogP contribution in [0.4, 0.5) is 10.1 Å². The number of benzene rings is 2. The molecule has 1 amide bonds. The molecule has 0 fully saturated rings. The Hall–Kier alpha value is -2.64. The van der Waals surface area contributed by atoms with Gasteiger partial charge in [-0.05, 0) is 42.8 Å². The Morgan fingerprint density at radius 1 is 1.29 bits per heavy atom. The minimum Gasteiger partial charge on any atom is -0.384 e. The topological polar surface area (TPSA) is 49.3 Å². The molecule has 3 nitrogen and oxygen atoms in total. The predicted octanol–water partition coefficient (Wildman–Crippen LogP) is 2.73. The van der Waals surface area contributed by atoms with E-state index in [1.165, 1.54) is 12.1 Å². The molecule has 0 unspecified atom stereocenters. The van der Waals surface area contributed by atoms with Crippen molar-refractivity contribution in [3.63, 3.8) is 0 Å². The Morgan fingerprint density at radius 2 is 2.10 bits per heavy atom. The zero-order chi connectivity index (χ0) is 15.2. The normalized spacial score (nSPS) is 9.67. The molecule has 2 rings (SSSR count). The number of anilines is 1. The molecule has 0 atom stereocenters. The van der Waals surface area contributed by atoms with Crippen molar-refractivity contribution in [2.24, 2.45) is 0 Å². The maximum atomic E-state index is 13.8. The van der Waals surface area contributed by atoms with Gasteiger partial charge >= 0.3 is 0 Å². The highest BCUT2D eigenvalue weighted by molar-refractivity contribution is 6.04. The van der Waals surface area contributed by atoms with E-state index in [0.29, 0.717) is 5.69 Å². The SMILES string of the molecule is Cc1cccc(NC(=O)c2ccc(C#CCO)c(F)c2)c1. The van der Waals surface area contributed by atoms with Crippen molar-refractivity contribution in [3.8, 4) is 11.8 Å². The van der Waals surface area contributed by atoms with Crippen LogP contribution >= 0.6 is 0 Å². The van der Waals surface area contributed by atoms with E-state index in [1.54, 1.807) is 6.07 Å². The molecule has 0 bridgehead atoms. The first-order valence-corrected chi connectivity index (χ1v) is 6.37. The van der Waals surface area contributed by atoms with E-state index in [9.17, 15) is 9.18 Å². The third kappa shape index (κ3) is 3.91. The molecule has 2 aromatic rings. The van der Waals surface area contributed by atoms with E-state index in [-0.39, 0.29) is 23.6 Å². The fourth-order valence-corrected chi connectivity index (χ4v) is 1.82. The molecular formula is C17H14FNO2. The third-order valence-corrected chi connectivity index (χ3v) is 2.81. The first-order valence-electron chi connectivity index (χ1n) is 6.37. The summed E-state index contributed by atoms with van der Waals surface area (Å²) >= 11 is 0. The van der Waals surface area contributed by atoms with Crippen molar-refractivity contribution in [3.05, 3.63) is 65.0 Å². The Labute approximate surface area is 122 Å². The molecule has 0 aliphatic carbocycles. The molecule has 0 aromatic heterocycles. The quantitative estimate of drug-likeness (QED) is 0.833. The zero-order valence-corrected chi connectivity index (χ0v) is 11.5. The number of rotatable bonds is 2. The molecule has 0 saturated heterocycles. The van der Waals surface area contributed by atoms with Gasteiger partial charge in [0.05, 0.1) is 5.56 Å². The van der Waals surface area contributed by atoms with Crippen LogP contribution in [0.25, 0.3) is 0 Å². The summed E-state index contributed by atoms with van der Waals surface area (Å²) in [6.45, 7) is 1.58. The molecule has 21 heavy (non-hydrogen) atoms. The lowest BCUT2D eigenvalue weighted by Crippen LogP contribution is -2.12. The van der Waals surface area contributed by atoms with Gasteiger partial charge in [0.2, 0.25) is 0 Å². The van der Waals surface area contributed by atoms with Gasteiger partial charge in [0.1, 0.15) is 12.4 Å². The maximum absolute atomic E-state index is 13.8. The highest BCUT2D eigenvalue weighted by Crippen LogP contribution is 2.14. The van der Waals surface area contributed by atoms with Crippen LogP contribution in [-0.2, 0) is 0 Å². The number of hydrogen-bond acceptors (Lipinski definition) is 2. The lowest BCUT2D eigenvalue weighted by Gasteiger charge is -2.06. The third-order valence-electron chi connectivity index (χ3n) is 2.81. The first-order chi connectivity index (χ1) is 10.1. The average molecular weight is 283 g/mol. The molecule has 0 heterocycles. The maximum Gasteiger partial charge on any atom is 0.255 e. The van der Waals surface area contributed by atoms with Gasteiger partial charge in [-0.3, -0.25) is 4.79 Å². The highest BCUT2D eigenvalue weighted by atomic mass is 19.1. The predicted molar refractivity (Wildman–Crippen MR) is 79.5 cm³/mol. The lowest BCUT2D eigenvalue weighted by atomic mass is 10.1. The molecule has 4 heteroatoms. The molecule has 0 aliphatic rings. The number of aliphatic hydroxyl groups excluding tert-OH is 1. The van der Waals surface area contributed by atoms with E-state index < -0.39 is 5.82 Å². The Bertz CT molecular complexity index is 729. The van der Waals surface area contributed by atoms with Crippen LogP contribution in [0.15, 0.2) is 42.5 Å². The first kappa shape index (κ1) is 14.8. The van der Waals surface area contributed by atoms with E-state index in [4.69, 9.17) is 5.11 Å². The standard InChI is InChI=1S/C17H14FNO2/c1-12-4-2-6-15(10-12)19-17(21)14-8-7-13(5-3-9-20)16(18)11-14/h2,4,6-8,10-11,20H,9H2,1H3,(H,19,21). The van der Waals surface area contributed by atoms with Gasteiger partial charge in [-0.25, -0.2) is 4.39 Å². The van der Waals surface area contributed by atoms with Gasteiger partial charge in [-0.2, -0.15) is 0 Å². The number of carbonyl (C=O) groups is 1. The Kier molecular flexibility index (Phi) is 4.70. The summed E-state index contributed by atoms with van der Waals surface area (Å²) in [5, 5.41) is 11.3. The highest BCUT2D eigenvalue weighted by Gasteiger charge is 2.09. The smallest absolute Gasteiger partial charge is 0.255 e. The molecular weight excluding hydrogens is 269 g/mol. The summed E-state index contributed by atoms with van der Waals surface area (Å²) in [6.07, 6.45) is 0. The second-order valence-electron chi connectivity index (χ2n) is 4.48. The van der Waals surface area contributed by atoms with Crippen LogP contribution in [0.2, 0.25) is 0 Å². The summed E-state index contributed by atoms with van der Waals surface area (Å²) in [4.78, 5) is 12.0. The molecule has 0 radical (unpaired) electrons. The van der Waals surface area contributed by atoms with Crippen LogP contribution in [0.5, 0.6) is 0 Å². The summed E-state index contributed by atoms with van der Waals surface area (Å²) in [5.74, 6) is 3.87. The van der Waals surface area contributed by atoms with E-state index >= 15 is 0 Å². The zero-order valence-electron chi connectivity index (χ0n) is 11.5. The van der Waals surface area contributed by atoms with Crippen LogP contribution < -0.4 is 5.32 Å². The largest absolute Gasteiger partial charge is 0.384 e. The van der Waals surface area contributed by atoms with Gasteiger partial charge in [0.25, 0.3) is 5.91 Å². The van der Waals surface area contributed by atoms with Crippen molar-refractivity contribution in [1.29, 1.82) is 0 Å². The van der Waals surface area contributed by atoms with E-state index in [2.05, 4.69) is 17.2 Å². The van der Waals surface area contributed by atoms with Crippen LogP contribution in [-0.4, -0.2) is 17.6 Å². The van der Waals surface area contributed by atoms with Crippen molar-refractivity contribution >= 4 is 11.6 Å². The average Bonchev–Trinajstić information content (AvgIpc) is 2.46. The van der Waals surface area contributed by atoms with E-state index in [1.807, 2.05) is 25.1 Å². The molecule has 106 valence electrons. The van der Waals surface area contributed by atoms with Gasteiger partial charge < -0.3 is 10.4 Å². The van der Waals surface area contributed by atoms with Crippen molar-refractivity contribution in [1.82, 2.24) is 0 Å². The number of halogens is 1. The number of amides is 1. The summed E-state index contributed by atoms with van der Waals surface area (Å²) in [6, 6.07) is 11.4. The van der Waals surface area contributed by atoms with Gasteiger partial charge in [-0.1, -0.05) is 24.0 Å². The summed E-state index contributed by atoms with van der Waals surface area (Å²) in [7, 11) is 0. The summed E-state index contributed by atoms with van der Waals surface area (Å²) in [5.41, 5.74) is 2.04. The van der Waals surface area contributed by atoms with Crippen molar-refractivity contribution < 1.29 is 14.3 Å². The molecule has 2 N–H and O–H groups in total. The van der Waals surface area contributed by atoms with Gasteiger partial charge in [0, 0.05) is 11.3 Å². The molecule has 0 spiro atoms. The Balaban J connectivity index is 2.18. The minimum atomic E-state index is -0.590. The molecule has 2 aromatic carbocycles. The molecule has 0 aliphatic heterocycles. The second kappa shape index (κ2) is 6.69.